The van der Waals surface area contributed by atoms with Gasteiger partial charge in [-0.1, -0.05) is 42.5 Å². The molecule has 0 N–H and O–H groups in total. The minimum atomic E-state index is 1.11. The van der Waals surface area contributed by atoms with E-state index in [0.29, 0.717) is 0 Å². The summed E-state index contributed by atoms with van der Waals surface area (Å²) in [5.74, 6) is 0. The SMILES string of the molecule is c1ccc2c3c4ccc(cc4cc2c1)C3. The van der Waals surface area contributed by atoms with Crippen LogP contribution in [0.4, 0.5) is 0 Å². The topological polar surface area (TPSA) is 0 Å². The van der Waals surface area contributed by atoms with Crippen molar-refractivity contribution in [1.82, 2.24) is 0 Å². The van der Waals surface area contributed by atoms with E-state index in [-0.39, 0.29) is 0 Å². The molecule has 0 heterocycles. The van der Waals surface area contributed by atoms with E-state index >= 15 is 0 Å². The van der Waals surface area contributed by atoms with Crippen molar-refractivity contribution in [2.75, 3.05) is 0 Å². The summed E-state index contributed by atoms with van der Waals surface area (Å²) in [5, 5.41) is 5.62. The fourth-order valence-corrected chi connectivity index (χ4v) is 2.72. The minimum absolute atomic E-state index is 1.11. The van der Waals surface area contributed by atoms with Gasteiger partial charge >= 0.3 is 0 Å². The van der Waals surface area contributed by atoms with Crippen LogP contribution in [0, 0.1) is 0 Å². The van der Waals surface area contributed by atoms with E-state index in [2.05, 4.69) is 48.5 Å². The number of rotatable bonds is 0. The molecule has 0 atom stereocenters. The lowest BCUT2D eigenvalue weighted by Gasteiger charge is -2.17. The van der Waals surface area contributed by atoms with E-state index in [1.54, 1.807) is 0 Å². The molecule has 4 bridgehead atoms. The van der Waals surface area contributed by atoms with Gasteiger partial charge in [-0.25, -0.2) is 0 Å². The lowest BCUT2D eigenvalue weighted by molar-refractivity contribution is 1.21. The second kappa shape index (κ2) is 2.40. The Morgan fingerprint density at radius 3 is 2.53 bits per heavy atom. The molecular weight excluding hydrogens is 180 g/mol. The molecule has 0 amide bonds. The molecule has 0 heteroatoms. The standard InChI is InChI=1S/C15H10/c1-2-4-13-11(3-1)9-12-7-10-5-6-14(12)15(13)8-10/h1-7,9H,8H2. The molecule has 15 heavy (non-hydrogen) atoms. The Kier molecular flexibility index (Phi) is 1.20. The first-order valence-corrected chi connectivity index (χ1v) is 5.35. The molecule has 5 rings (SSSR count). The predicted molar refractivity (Wildman–Crippen MR) is 64.3 cm³/mol. The van der Waals surface area contributed by atoms with Gasteiger partial charge in [-0.15, -0.1) is 0 Å². The molecule has 0 saturated heterocycles. The molecule has 0 aliphatic heterocycles. The molecule has 70 valence electrons. The first kappa shape index (κ1) is 7.47. The van der Waals surface area contributed by atoms with Crippen LogP contribution in [0.2, 0.25) is 0 Å². The maximum Gasteiger partial charge on any atom is -0.00132 e. The fraction of sp³-hybridized carbons (Fsp3) is 0.0667. The summed E-state index contributed by atoms with van der Waals surface area (Å²) < 4.78 is 0. The summed E-state index contributed by atoms with van der Waals surface area (Å²) in [5.41, 5.74) is 2.96. The summed E-state index contributed by atoms with van der Waals surface area (Å²) >= 11 is 0. The number of fused-ring (bicyclic) bond motifs is 2. The van der Waals surface area contributed by atoms with Crippen molar-refractivity contribution in [3.63, 3.8) is 0 Å². The molecule has 0 radical (unpaired) electrons. The van der Waals surface area contributed by atoms with Crippen LogP contribution in [0.1, 0.15) is 11.1 Å². The molecule has 0 fully saturated rings. The second-order valence-corrected chi connectivity index (χ2v) is 4.31. The lowest BCUT2D eigenvalue weighted by Crippen LogP contribution is -1.98. The molecule has 0 unspecified atom stereocenters. The van der Waals surface area contributed by atoms with Crippen LogP contribution in [0.15, 0.2) is 48.5 Å². The van der Waals surface area contributed by atoms with E-state index < -0.39 is 0 Å². The van der Waals surface area contributed by atoms with Gasteiger partial charge in [0.2, 0.25) is 0 Å². The monoisotopic (exact) mass is 190 g/mol. The zero-order chi connectivity index (χ0) is 9.83. The summed E-state index contributed by atoms with van der Waals surface area (Å²) in [4.78, 5) is 0. The minimum Gasteiger partial charge on any atom is -0.0616 e. The molecule has 2 aliphatic carbocycles. The van der Waals surface area contributed by atoms with Crippen LogP contribution in [0.25, 0.3) is 21.5 Å². The van der Waals surface area contributed by atoms with Crippen LogP contribution in [0.3, 0.4) is 0 Å². The van der Waals surface area contributed by atoms with E-state index in [4.69, 9.17) is 0 Å². The number of hydrogen-bond donors (Lipinski definition) is 0. The largest absolute Gasteiger partial charge is 0.0616 e. The highest BCUT2D eigenvalue weighted by Gasteiger charge is 2.13. The Morgan fingerprint density at radius 2 is 1.60 bits per heavy atom. The highest BCUT2D eigenvalue weighted by Crippen LogP contribution is 2.34. The third-order valence-corrected chi connectivity index (χ3v) is 3.42. The maximum absolute atomic E-state index is 2.31. The van der Waals surface area contributed by atoms with Crippen molar-refractivity contribution in [2.45, 2.75) is 6.42 Å². The molecule has 2 aliphatic rings. The van der Waals surface area contributed by atoms with Crippen LogP contribution >= 0.6 is 0 Å². The smallest absolute Gasteiger partial charge is 0.00132 e. The van der Waals surface area contributed by atoms with Gasteiger partial charge in [-0.2, -0.15) is 0 Å². The average molecular weight is 190 g/mol. The van der Waals surface area contributed by atoms with E-state index in [0.717, 1.165) is 6.42 Å². The van der Waals surface area contributed by atoms with Crippen molar-refractivity contribution in [3.05, 3.63) is 59.7 Å². The van der Waals surface area contributed by atoms with E-state index in [1.807, 2.05) is 0 Å². The summed E-state index contributed by atoms with van der Waals surface area (Å²) in [6.45, 7) is 0. The van der Waals surface area contributed by atoms with Crippen LogP contribution < -0.4 is 0 Å². The molecule has 3 aromatic carbocycles. The average Bonchev–Trinajstić information content (AvgIpc) is 2.29. The fourth-order valence-electron chi connectivity index (χ4n) is 2.72. The zero-order valence-corrected chi connectivity index (χ0v) is 8.33. The summed E-state index contributed by atoms with van der Waals surface area (Å²) in [7, 11) is 0. The normalized spacial score (nSPS) is 13.1. The van der Waals surface area contributed by atoms with Crippen molar-refractivity contribution in [2.24, 2.45) is 0 Å². The Bertz CT molecular complexity index is 692. The van der Waals surface area contributed by atoms with Crippen molar-refractivity contribution in [1.29, 1.82) is 0 Å². The highest BCUT2D eigenvalue weighted by molar-refractivity contribution is 6.04. The summed E-state index contributed by atoms with van der Waals surface area (Å²) in [6.07, 6.45) is 1.11. The van der Waals surface area contributed by atoms with Gasteiger partial charge in [-0.3, -0.25) is 0 Å². The first-order valence-electron chi connectivity index (χ1n) is 5.35. The molecular formula is C15H10. The van der Waals surface area contributed by atoms with Gasteiger partial charge in [0.25, 0.3) is 0 Å². The van der Waals surface area contributed by atoms with Gasteiger partial charge in [0.05, 0.1) is 0 Å². The maximum atomic E-state index is 2.31. The van der Waals surface area contributed by atoms with Crippen molar-refractivity contribution in [3.8, 4) is 0 Å². The highest BCUT2D eigenvalue weighted by atomic mass is 14.2. The van der Waals surface area contributed by atoms with Crippen LogP contribution in [-0.2, 0) is 6.42 Å². The lowest BCUT2D eigenvalue weighted by atomic mass is 9.86. The van der Waals surface area contributed by atoms with Gasteiger partial charge in [0, 0.05) is 0 Å². The zero-order valence-electron chi connectivity index (χ0n) is 8.33. The molecule has 0 aromatic heterocycles. The Labute approximate surface area is 88.2 Å². The van der Waals surface area contributed by atoms with Gasteiger partial charge < -0.3 is 0 Å². The Balaban J connectivity index is 2.37. The third-order valence-electron chi connectivity index (χ3n) is 3.42. The van der Waals surface area contributed by atoms with Gasteiger partial charge in [-0.05, 0) is 45.2 Å². The van der Waals surface area contributed by atoms with Crippen molar-refractivity contribution < 1.29 is 0 Å². The van der Waals surface area contributed by atoms with Crippen molar-refractivity contribution >= 4 is 21.5 Å². The van der Waals surface area contributed by atoms with Crippen LogP contribution in [-0.4, -0.2) is 0 Å². The summed E-state index contributed by atoms with van der Waals surface area (Å²) in [6, 6.07) is 17.8. The molecule has 0 nitrogen and oxygen atoms in total. The van der Waals surface area contributed by atoms with E-state index in [1.165, 1.54) is 32.7 Å². The second-order valence-electron chi connectivity index (χ2n) is 4.31. The Hall–Kier alpha value is -1.82. The quantitative estimate of drug-likeness (QED) is 0.369. The third kappa shape index (κ3) is 0.866. The van der Waals surface area contributed by atoms with Crippen LogP contribution in [0.5, 0.6) is 0 Å². The Morgan fingerprint density at radius 1 is 0.733 bits per heavy atom. The molecule has 3 aromatic rings. The number of hydrogen-bond acceptors (Lipinski definition) is 0. The van der Waals surface area contributed by atoms with Gasteiger partial charge in [0.1, 0.15) is 0 Å². The molecule has 0 saturated carbocycles. The number of benzene rings is 3. The van der Waals surface area contributed by atoms with Gasteiger partial charge in [0.15, 0.2) is 0 Å². The first-order chi connectivity index (χ1) is 7.42. The predicted octanol–water partition coefficient (Wildman–Crippen LogP) is 3.90. The van der Waals surface area contributed by atoms with E-state index in [9.17, 15) is 0 Å². The molecule has 0 spiro atoms.